The SMILES string of the molecule is CNC(=O)N1CCC(C#N)CC1. The summed E-state index contributed by atoms with van der Waals surface area (Å²) in [4.78, 5) is 12.8. The molecule has 12 heavy (non-hydrogen) atoms. The van der Waals surface area contributed by atoms with E-state index in [4.69, 9.17) is 5.26 Å². The van der Waals surface area contributed by atoms with Crippen molar-refractivity contribution < 1.29 is 4.79 Å². The predicted molar refractivity (Wildman–Crippen MR) is 44.4 cm³/mol. The second kappa shape index (κ2) is 3.96. The van der Waals surface area contributed by atoms with E-state index in [1.807, 2.05) is 0 Å². The fourth-order valence-electron chi connectivity index (χ4n) is 1.37. The van der Waals surface area contributed by atoms with Crippen LogP contribution in [0, 0.1) is 17.2 Å². The van der Waals surface area contributed by atoms with Gasteiger partial charge in [-0.05, 0) is 12.8 Å². The molecular formula is C8H13N3O. The molecule has 0 aromatic rings. The van der Waals surface area contributed by atoms with Crippen LogP contribution in [0.5, 0.6) is 0 Å². The molecule has 4 heteroatoms. The van der Waals surface area contributed by atoms with Crippen LogP contribution in [-0.4, -0.2) is 31.1 Å². The minimum absolute atomic E-state index is 0.0358. The second-order valence-electron chi connectivity index (χ2n) is 2.95. The van der Waals surface area contributed by atoms with Crippen molar-refractivity contribution in [1.82, 2.24) is 10.2 Å². The van der Waals surface area contributed by atoms with E-state index < -0.39 is 0 Å². The molecule has 0 atom stereocenters. The van der Waals surface area contributed by atoms with E-state index in [-0.39, 0.29) is 11.9 Å². The summed E-state index contributed by atoms with van der Waals surface area (Å²) in [5, 5.41) is 11.2. The first-order valence-corrected chi connectivity index (χ1v) is 4.14. The summed E-state index contributed by atoms with van der Waals surface area (Å²) in [6, 6.07) is 2.19. The molecule has 0 radical (unpaired) electrons. The average Bonchev–Trinajstić information content (AvgIpc) is 2.17. The number of rotatable bonds is 0. The molecule has 1 heterocycles. The molecule has 0 spiro atoms. The Kier molecular flexibility index (Phi) is 2.92. The zero-order chi connectivity index (χ0) is 8.97. The van der Waals surface area contributed by atoms with E-state index in [1.54, 1.807) is 11.9 Å². The van der Waals surface area contributed by atoms with Crippen molar-refractivity contribution in [2.75, 3.05) is 20.1 Å². The molecule has 0 aromatic heterocycles. The zero-order valence-corrected chi connectivity index (χ0v) is 7.21. The van der Waals surface area contributed by atoms with Gasteiger partial charge in [-0.2, -0.15) is 5.26 Å². The highest BCUT2D eigenvalue weighted by atomic mass is 16.2. The number of urea groups is 1. The average molecular weight is 167 g/mol. The lowest BCUT2D eigenvalue weighted by atomic mass is 9.99. The molecule has 0 aromatic carbocycles. The number of carbonyl (C=O) groups excluding carboxylic acids is 1. The number of nitrogens with one attached hydrogen (secondary N) is 1. The number of likely N-dealkylation sites (tertiary alicyclic amines) is 1. The minimum Gasteiger partial charge on any atom is -0.341 e. The van der Waals surface area contributed by atoms with Crippen LogP contribution in [-0.2, 0) is 0 Å². The molecule has 2 amide bonds. The van der Waals surface area contributed by atoms with E-state index in [1.165, 1.54) is 0 Å². The van der Waals surface area contributed by atoms with Gasteiger partial charge in [0, 0.05) is 26.1 Å². The van der Waals surface area contributed by atoms with Crippen LogP contribution < -0.4 is 5.32 Å². The van der Waals surface area contributed by atoms with Gasteiger partial charge in [-0.3, -0.25) is 0 Å². The zero-order valence-electron chi connectivity index (χ0n) is 7.21. The first-order valence-electron chi connectivity index (χ1n) is 4.14. The Hall–Kier alpha value is -1.24. The minimum atomic E-state index is -0.0358. The van der Waals surface area contributed by atoms with Gasteiger partial charge >= 0.3 is 6.03 Å². The van der Waals surface area contributed by atoms with Crippen molar-refractivity contribution in [3.05, 3.63) is 0 Å². The number of amides is 2. The lowest BCUT2D eigenvalue weighted by Crippen LogP contribution is -2.42. The summed E-state index contributed by atoms with van der Waals surface area (Å²) in [6.07, 6.45) is 1.62. The van der Waals surface area contributed by atoms with Gasteiger partial charge in [0.2, 0.25) is 0 Å². The van der Waals surface area contributed by atoms with E-state index in [2.05, 4.69) is 11.4 Å². The Labute approximate surface area is 72.2 Å². The third-order valence-corrected chi connectivity index (χ3v) is 2.18. The van der Waals surface area contributed by atoms with Gasteiger partial charge in [-0.1, -0.05) is 0 Å². The van der Waals surface area contributed by atoms with E-state index in [0.29, 0.717) is 13.1 Å². The molecule has 1 rings (SSSR count). The molecule has 1 N–H and O–H groups in total. The fourth-order valence-corrected chi connectivity index (χ4v) is 1.37. The number of nitriles is 1. The van der Waals surface area contributed by atoms with Gasteiger partial charge in [0.05, 0.1) is 6.07 Å². The Balaban J connectivity index is 2.37. The maximum atomic E-state index is 11.1. The van der Waals surface area contributed by atoms with Gasteiger partial charge in [-0.15, -0.1) is 0 Å². The van der Waals surface area contributed by atoms with Crippen molar-refractivity contribution in [3.8, 4) is 6.07 Å². The summed E-state index contributed by atoms with van der Waals surface area (Å²) in [6.45, 7) is 1.41. The molecule has 0 unspecified atom stereocenters. The van der Waals surface area contributed by atoms with Crippen LogP contribution in [0.2, 0.25) is 0 Å². The van der Waals surface area contributed by atoms with Gasteiger partial charge in [0.15, 0.2) is 0 Å². The largest absolute Gasteiger partial charge is 0.341 e. The quantitative estimate of drug-likeness (QED) is 0.573. The number of carbonyl (C=O) groups is 1. The third kappa shape index (κ3) is 1.88. The highest BCUT2D eigenvalue weighted by Gasteiger charge is 2.21. The summed E-state index contributed by atoms with van der Waals surface area (Å²) in [5.41, 5.74) is 0. The Morgan fingerprint density at radius 3 is 2.58 bits per heavy atom. The first-order chi connectivity index (χ1) is 5.77. The summed E-state index contributed by atoms with van der Waals surface area (Å²) < 4.78 is 0. The normalized spacial score (nSPS) is 18.5. The Morgan fingerprint density at radius 2 is 2.17 bits per heavy atom. The molecule has 0 aliphatic carbocycles. The monoisotopic (exact) mass is 167 g/mol. The Bertz CT molecular complexity index is 201. The molecule has 4 nitrogen and oxygen atoms in total. The van der Waals surface area contributed by atoms with E-state index in [0.717, 1.165) is 12.8 Å². The van der Waals surface area contributed by atoms with Crippen LogP contribution in [0.15, 0.2) is 0 Å². The van der Waals surface area contributed by atoms with Gasteiger partial charge < -0.3 is 10.2 Å². The molecular weight excluding hydrogens is 154 g/mol. The van der Waals surface area contributed by atoms with E-state index >= 15 is 0 Å². The number of hydrogen-bond acceptors (Lipinski definition) is 2. The first kappa shape index (κ1) is 8.85. The number of nitrogens with zero attached hydrogens (tertiary/aromatic N) is 2. The molecule has 1 saturated heterocycles. The van der Waals surface area contributed by atoms with Crippen molar-refractivity contribution in [2.45, 2.75) is 12.8 Å². The molecule has 1 fully saturated rings. The Morgan fingerprint density at radius 1 is 1.58 bits per heavy atom. The van der Waals surface area contributed by atoms with Crippen LogP contribution in [0.3, 0.4) is 0 Å². The standard InChI is InChI=1S/C8H13N3O/c1-10-8(12)11-4-2-7(6-9)3-5-11/h7H,2-5H2,1H3,(H,10,12). The van der Waals surface area contributed by atoms with Gasteiger partial charge in [-0.25, -0.2) is 4.79 Å². The lowest BCUT2D eigenvalue weighted by molar-refractivity contribution is 0.181. The van der Waals surface area contributed by atoms with E-state index in [9.17, 15) is 4.79 Å². The second-order valence-corrected chi connectivity index (χ2v) is 2.95. The molecule has 1 aliphatic rings. The lowest BCUT2D eigenvalue weighted by Gasteiger charge is -2.28. The van der Waals surface area contributed by atoms with Crippen LogP contribution in [0.1, 0.15) is 12.8 Å². The molecule has 0 bridgehead atoms. The van der Waals surface area contributed by atoms with Crippen molar-refractivity contribution >= 4 is 6.03 Å². The van der Waals surface area contributed by atoms with Gasteiger partial charge in [0.1, 0.15) is 0 Å². The maximum Gasteiger partial charge on any atom is 0.317 e. The van der Waals surface area contributed by atoms with Crippen molar-refractivity contribution in [2.24, 2.45) is 5.92 Å². The van der Waals surface area contributed by atoms with Crippen LogP contribution >= 0.6 is 0 Å². The highest BCUT2D eigenvalue weighted by molar-refractivity contribution is 5.73. The number of hydrogen-bond donors (Lipinski definition) is 1. The maximum absolute atomic E-state index is 11.1. The smallest absolute Gasteiger partial charge is 0.317 e. The van der Waals surface area contributed by atoms with Crippen LogP contribution in [0.25, 0.3) is 0 Å². The predicted octanol–water partition coefficient (Wildman–Crippen LogP) is 0.561. The third-order valence-electron chi connectivity index (χ3n) is 2.18. The molecule has 1 aliphatic heterocycles. The molecule has 66 valence electrons. The van der Waals surface area contributed by atoms with Crippen LogP contribution in [0.4, 0.5) is 4.79 Å². The van der Waals surface area contributed by atoms with Gasteiger partial charge in [0.25, 0.3) is 0 Å². The van der Waals surface area contributed by atoms with Crippen molar-refractivity contribution in [3.63, 3.8) is 0 Å². The highest BCUT2D eigenvalue weighted by Crippen LogP contribution is 2.15. The topological polar surface area (TPSA) is 56.1 Å². The fraction of sp³-hybridized carbons (Fsp3) is 0.750. The summed E-state index contributed by atoms with van der Waals surface area (Å²) >= 11 is 0. The summed E-state index contributed by atoms with van der Waals surface area (Å²) in [7, 11) is 1.62. The number of piperidine rings is 1. The van der Waals surface area contributed by atoms with Crippen molar-refractivity contribution in [1.29, 1.82) is 5.26 Å². The summed E-state index contributed by atoms with van der Waals surface area (Å²) in [5.74, 6) is 0.144. The molecule has 0 saturated carbocycles.